The van der Waals surface area contributed by atoms with Gasteiger partial charge in [-0.1, -0.05) is 13.8 Å². The van der Waals surface area contributed by atoms with Crippen LogP contribution in [0.1, 0.15) is 43.2 Å². The van der Waals surface area contributed by atoms with Crippen LogP contribution in [0.4, 0.5) is 8.78 Å². The van der Waals surface area contributed by atoms with Crippen LogP contribution < -0.4 is 0 Å². The molecule has 0 atom stereocenters. The summed E-state index contributed by atoms with van der Waals surface area (Å²) in [5.74, 6) is 0.461. The lowest BCUT2D eigenvalue weighted by atomic mass is 10.1. The maximum absolute atomic E-state index is 12.9. The predicted octanol–water partition coefficient (Wildman–Crippen LogP) is 3.38. The molecule has 0 bridgehead atoms. The fourth-order valence-electron chi connectivity index (χ4n) is 1.64. The van der Waals surface area contributed by atoms with Crippen LogP contribution in [-0.4, -0.2) is 10.1 Å². The number of oxazole rings is 1. The van der Waals surface area contributed by atoms with Crippen molar-refractivity contribution in [3.63, 3.8) is 0 Å². The number of aromatic nitrogens is 1. The maximum atomic E-state index is 12.9. The largest absolute Gasteiger partial charge is 0.440 e. The molecule has 2 aromatic rings. The van der Waals surface area contributed by atoms with Gasteiger partial charge in [0.2, 0.25) is 0 Å². The molecule has 3 nitrogen and oxygen atoms in total. The Kier molecular flexibility index (Phi) is 3.11. The van der Waals surface area contributed by atoms with Gasteiger partial charge in [-0.25, -0.2) is 13.8 Å². The van der Waals surface area contributed by atoms with Gasteiger partial charge in [-0.15, -0.1) is 0 Å². The van der Waals surface area contributed by atoms with Crippen molar-refractivity contribution >= 4 is 11.1 Å². The average Bonchev–Trinajstić information content (AvgIpc) is 2.70. The van der Waals surface area contributed by atoms with Crippen LogP contribution in [0.5, 0.6) is 0 Å². The summed E-state index contributed by atoms with van der Waals surface area (Å²) in [7, 11) is 0. The van der Waals surface area contributed by atoms with E-state index in [4.69, 9.17) is 9.52 Å². The number of hydrogen-bond donors (Lipinski definition) is 1. The first kappa shape index (κ1) is 12.0. The molecule has 1 aromatic heterocycles. The lowest BCUT2D eigenvalue weighted by Crippen LogP contribution is -1.90. The van der Waals surface area contributed by atoms with Gasteiger partial charge in [0.25, 0.3) is 6.43 Å². The lowest BCUT2D eigenvalue weighted by molar-refractivity contribution is 0.151. The number of alkyl halides is 2. The average molecular weight is 241 g/mol. The maximum Gasteiger partial charge on any atom is 0.267 e. The summed E-state index contributed by atoms with van der Waals surface area (Å²) in [6.45, 7) is 3.46. The van der Waals surface area contributed by atoms with Crippen molar-refractivity contribution in [2.75, 3.05) is 0 Å². The van der Waals surface area contributed by atoms with Crippen LogP contribution in [0.15, 0.2) is 16.5 Å². The normalized spacial score (nSPS) is 11.9. The third-order valence-electron chi connectivity index (χ3n) is 2.51. The van der Waals surface area contributed by atoms with Gasteiger partial charge in [-0.2, -0.15) is 0 Å². The monoisotopic (exact) mass is 241 g/mol. The van der Waals surface area contributed by atoms with E-state index in [2.05, 4.69) is 4.98 Å². The van der Waals surface area contributed by atoms with E-state index in [1.807, 2.05) is 13.8 Å². The van der Waals surface area contributed by atoms with Crippen molar-refractivity contribution in [3.8, 4) is 0 Å². The van der Waals surface area contributed by atoms with Gasteiger partial charge in [-0.3, -0.25) is 0 Å². The van der Waals surface area contributed by atoms with Crippen molar-refractivity contribution < 1.29 is 18.3 Å². The van der Waals surface area contributed by atoms with E-state index in [1.165, 1.54) is 6.07 Å². The van der Waals surface area contributed by atoms with Gasteiger partial charge >= 0.3 is 0 Å². The highest BCUT2D eigenvalue weighted by molar-refractivity contribution is 5.77. The molecule has 0 saturated heterocycles. The van der Waals surface area contributed by atoms with E-state index in [0.717, 1.165) is 0 Å². The highest BCUT2D eigenvalue weighted by atomic mass is 19.3. The third-order valence-corrected chi connectivity index (χ3v) is 2.51. The molecule has 1 heterocycles. The van der Waals surface area contributed by atoms with E-state index in [-0.39, 0.29) is 23.7 Å². The topological polar surface area (TPSA) is 46.3 Å². The van der Waals surface area contributed by atoms with Crippen LogP contribution in [0.2, 0.25) is 0 Å². The second-order valence-corrected chi connectivity index (χ2v) is 4.20. The first-order valence-corrected chi connectivity index (χ1v) is 5.35. The Bertz CT molecular complexity index is 535. The molecule has 0 radical (unpaired) electrons. The van der Waals surface area contributed by atoms with Gasteiger partial charge in [0.1, 0.15) is 5.52 Å². The SMILES string of the molecule is CC(C)c1nc2cc(CO)cc(C(F)F)c2o1. The molecular weight excluding hydrogens is 228 g/mol. The first-order chi connectivity index (χ1) is 8.02. The first-order valence-electron chi connectivity index (χ1n) is 5.35. The minimum absolute atomic E-state index is 0.0329. The zero-order valence-electron chi connectivity index (χ0n) is 9.58. The summed E-state index contributed by atoms with van der Waals surface area (Å²) < 4.78 is 31.1. The van der Waals surface area contributed by atoms with Crippen LogP contribution in [0, 0.1) is 0 Å². The molecule has 2 rings (SSSR count). The van der Waals surface area contributed by atoms with E-state index < -0.39 is 6.43 Å². The van der Waals surface area contributed by atoms with Crippen molar-refractivity contribution in [3.05, 3.63) is 29.2 Å². The second-order valence-electron chi connectivity index (χ2n) is 4.20. The van der Waals surface area contributed by atoms with Gasteiger partial charge in [0.15, 0.2) is 11.5 Å². The molecule has 1 N–H and O–H groups in total. The molecule has 0 saturated carbocycles. The van der Waals surface area contributed by atoms with Crippen molar-refractivity contribution in [2.24, 2.45) is 0 Å². The quantitative estimate of drug-likeness (QED) is 0.896. The Morgan fingerprint density at radius 2 is 2.06 bits per heavy atom. The number of hydrogen-bond acceptors (Lipinski definition) is 3. The number of halogens is 2. The molecule has 17 heavy (non-hydrogen) atoms. The Morgan fingerprint density at radius 1 is 1.35 bits per heavy atom. The number of aliphatic hydroxyl groups is 1. The molecular formula is C12H13F2NO2. The van der Waals surface area contributed by atoms with Crippen molar-refractivity contribution in [1.82, 2.24) is 4.98 Å². The Hall–Kier alpha value is -1.49. The van der Waals surface area contributed by atoms with Gasteiger partial charge in [0.05, 0.1) is 12.2 Å². The Labute approximate surface area is 97.1 Å². The van der Waals surface area contributed by atoms with E-state index >= 15 is 0 Å². The number of fused-ring (bicyclic) bond motifs is 1. The molecule has 92 valence electrons. The summed E-state index contributed by atoms with van der Waals surface area (Å²) >= 11 is 0. The Morgan fingerprint density at radius 3 is 2.59 bits per heavy atom. The number of benzene rings is 1. The highest BCUT2D eigenvalue weighted by Gasteiger charge is 2.19. The molecule has 0 unspecified atom stereocenters. The van der Waals surface area contributed by atoms with Crippen LogP contribution in [-0.2, 0) is 6.61 Å². The summed E-state index contributed by atoms with van der Waals surface area (Å²) in [5.41, 5.74) is 0.679. The lowest BCUT2D eigenvalue weighted by Gasteiger charge is -2.02. The number of aliphatic hydroxyl groups excluding tert-OH is 1. The van der Waals surface area contributed by atoms with Gasteiger partial charge in [-0.05, 0) is 17.7 Å². The number of nitrogens with zero attached hydrogens (tertiary/aromatic N) is 1. The zero-order chi connectivity index (χ0) is 12.6. The van der Waals surface area contributed by atoms with Gasteiger partial charge in [0, 0.05) is 5.92 Å². The standard InChI is InChI=1S/C12H13F2NO2/c1-6(2)12-15-9-4-7(5-16)3-8(11(13)14)10(9)17-12/h3-4,6,11,16H,5H2,1-2H3. The molecule has 0 aliphatic heterocycles. The summed E-state index contributed by atoms with van der Waals surface area (Å²) in [6.07, 6.45) is -2.64. The van der Waals surface area contributed by atoms with Crippen molar-refractivity contribution in [2.45, 2.75) is 32.8 Å². The predicted molar refractivity (Wildman–Crippen MR) is 59.0 cm³/mol. The van der Waals surface area contributed by atoms with E-state index in [9.17, 15) is 8.78 Å². The summed E-state index contributed by atoms with van der Waals surface area (Å²) in [4.78, 5) is 4.15. The molecule has 5 heteroatoms. The minimum atomic E-state index is -2.64. The van der Waals surface area contributed by atoms with Crippen LogP contribution >= 0.6 is 0 Å². The second kappa shape index (κ2) is 4.41. The smallest absolute Gasteiger partial charge is 0.267 e. The molecule has 0 aliphatic carbocycles. The molecule has 0 amide bonds. The Balaban J connectivity index is 2.68. The third kappa shape index (κ3) is 2.15. The zero-order valence-corrected chi connectivity index (χ0v) is 9.58. The fourth-order valence-corrected chi connectivity index (χ4v) is 1.64. The molecule has 1 aromatic carbocycles. The highest BCUT2D eigenvalue weighted by Crippen LogP contribution is 2.31. The van der Waals surface area contributed by atoms with E-state index in [0.29, 0.717) is 17.0 Å². The van der Waals surface area contributed by atoms with E-state index in [1.54, 1.807) is 6.07 Å². The molecule has 0 fully saturated rings. The van der Waals surface area contributed by atoms with Gasteiger partial charge < -0.3 is 9.52 Å². The number of rotatable bonds is 3. The summed E-state index contributed by atoms with van der Waals surface area (Å²) in [5, 5.41) is 9.02. The fraction of sp³-hybridized carbons (Fsp3) is 0.417. The molecule has 0 aliphatic rings. The van der Waals surface area contributed by atoms with Crippen LogP contribution in [0.25, 0.3) is 11.1 Å². The van der Waals surface area contributed by atoms with Crippen molar-refractivity contribution in [1.29, 1.82) is 0 Å². The minimum Gasteiger partial charge on any atom is -0.440 e. The summed E-state index contributed by atoms with van der Waals surface area (Å²) in [6, 6.07) is 2.82. The molecule has 0 spiro atoms. The van der Waals surface area contributed by atoms with Crippen LogP contribution in [0.3, 0.4) is 0 Å².